The molecule has 11 heteroatoms. The molecule has 0 bridgehead atoms. The highest BCUT2D eigenvalue weighted by Crippen LogP contribution is 2.50. The van der Waals surface area contributed by atoms with Crippen molar-refractivity contribution in [1.29, 1.82) is 0 Å². The van der Waals surface area contributed by atoms with Crippen LogP contribution in [0.5, 0.6) is 0 Å². The van der Waals surface area contributed by atoms with E-state index in [1.54, 1.807) is 16.4 Å². The number of aliphatic hydroxyl groups is 1. The molecule has 246 valence electrons. The fourth-order valence-corrected chi connectivity index (χ4v) is 8.11. The van der Waals surface area contributed by atoms with Gasteiger partial charge >= 0.3 is 0 Å². The molecule has 3 aromatic carbocycles. The van der Waals surface area contributed by atoms with Crippen molar-refractivity contribution in [2.75, 3.05) is 35.0 Å². The Balaban J connectivity index is 0.00000461. The average molecular weight is 678 g/mol. The first-order chi connectivity index (χ1) is 21.2. The fourth-order valence-electron chi connectivity index (χ4n) is 6.22. The van der Waals surface area contributed by atoms with Gasteiger partial charge in [0.1, 0.15) is 0 Å². The van der Waals surface area contributed by atoms with Gasteiger partial charge in [0.2, 0.25) is 0 Å². The van der Waals surface area contributed by atoms with Crippen LogP contribution in [-0.4, -0.2) is 63.2 Å². The molecule has 1 saturated heterocycles. The molecule has 1 aliphatic carbocycles. The summed E-state index contributed by atoms with van der Waals surface area (Å²) in [7, 11) is -2.95. The van der Waals surface area contributed by atoms with Crippen LogP contribution >= 0.6 is 34.8 Å². The van der Waals surface area contributed by atoms with Crippen LogP contribution in [0.2, 0.25) is 5.02 Å². The Morgan fingerprint density at radius 1 is 1.00 bits per heavy atom. The van der Waals surface area contributed by atoms with Gasteiger partial charge in [-0.25, -0.2) is 0 Å². The number of carbonyl (C=O) groups is 1. The number of rotatable bonds is 13. The van der Waals surface area contributed by atoms with Crippen molar-refractivity contribution in [3.8, 4) is 0 Å². The molecule has 0 aromatic heterocycles. The summed E-state index contributed by atoms with van der Waals surface area (Å²) in [6.45, 7) is 3.47. The topological polar surface area (TPSA) is 117 Å². The third-order valence-corrected chi connectivity index (χ3v) is 10.9. The molecule has 45 heavy (non-hydrogen) atoms. The van der Waals surface area contributed by atoms with Gasteiger partial charge in [0, 0.05) is 41.4 Å². The summed E-state index contributed by atoms with van der Waals surface area (Å²) >= 11 is 6.24. The first-order valence-electron chi connectivity index (χ1n) is 15.6. The van der Waals surface area contributed by atoms with Crippen molar-refractivity contribution in [3.05, 3.63) is 94.5 Å². The zero-order chi connectivity index (χ0) is 31.2. The lowest BCUT2D eigenvalue weighted by molar-refractivity contribution is 0.0760. The summed E-state index contributed by atoms with van der Waals surface area (Å²) in [6.07, 6.45) is 5.19. The number of halogens is 2. The number of anilines is 2. The minimum absolute atomic E-state index is 0. The molecule has 1 aliphatic heterocycles. The van der Waals surface area contributed by atoms with Gasteiger partial charge in [-0.05, 0) is 93.3 Å². The smallest absolute Gasteiger partial charge is 0.251 e. The summed E-state index contributed by atoms with van der Waals surface area (Å²) in [4.78, 5) is 13.8. The van der Waals surface area contributed by atoms with E-state index in [1.807, 2.05) is 61.5 Å². The van der Waals surface area contributed by atoms with Crippen LogP contribution in [0, 0.1) is 0 Å². The summed E-state index contributed by atoms with van der Waals surface area (Å²) in [6, 6.07) is 22.6. The molecule has 1 heterocycles. The molecule has 0 unspecified atom stereocenters. The molecular formula is C34H46Cl2N4O4S. The Kier molecular flexibility index (Phi) is 12.5. The highest BCUT2D eigenvalue weighted by Gasteiger charge is 2.38. The number of nitrogens with zero attached hydrogens (tertiary/aromatic N) is 1. The van der Waals surface area contributed by atoms with Crippen molar-refractivity contribution >= 4 is 52.1 Å². The molecule has 2 atom stereocenters. The van der Waals surface area contributed by atoms with Crippen LogP contribution in [0.1, 0.15) is 60.5 Å². The molecule has 8 nitrogen and oxygen atoms in total. The summed E-state index contributed by atoms with van der Waals surface area (Å²) in [5, 5.41) is 22.3. The van der Waals surface area contributed by atoms with Crippen molar-refractivity contribution in [2.45, 2.75) is 69.6 Å². The lowest BCUT2D eigenvalue weighted by Gasteiger charge is -2.47. The summed E-state index contributed by atoms with van der Waals surface area (Å²) in [5.41, 5.74) is 3.79. The highest BCUT2D eigenvalue weighted by molar-refractivity contribution is 8.25. The number of hydrogen-bond acceptors (Lipinski definition) is 7. The van der Waals surface area contributed by atoms with E-state index in [0.29, 0.717) is 43.1 Å². The Hall–Kier alpha value is -2.50. The van der Waals surface area contributed by atoms with Gasteiger partial charge in [0.25, 0.3) is 5.91 Å². The number of aliphatic hydroxyl groups excluding tert-OH is 1. The zero-order valence-electron chi connectivity index (χ0n) is 25.8. The fraction of sp³-hybridized carbons (Fsp3) is 0.441. The van der Waals surface area contributed by atoms with Gasteiger partial charge in [-0.1, -0.05) is 54.1 Å². The Morgan fingerprint density at radius 3 is 2.42 bits per heavy atom. The van der Waals surface area contributed by atoms with Gasteiger partial charge in [-0.15, -0.1) is 23.2 Å². The van der Waals surface area contributed by atoms with E-state index in [0.717, 1.165) is 60.4 Å². The van der Waals surface area contributed by atoms with E-state index < -0.39 is 22.9 Å². The molecule has 1 saturated carbocycles. The maximum absolute atomic E-state index is 13.8. The standard InChI is InChI=1S/C34H45ClN4O4S.ClH/c1-2-36-29-20-27(21-30(22-29)39-16-6-7-17-44(39,42)43)33(41)38-31(19-25-10-4-3-5-11-25)32(40)24-37-34(14-9-15-34)23-26-12-8-13-28(35)18-26;/h3-5,8,10-13,18,20-22,31-32,36-37,40,42-43H,2,6-7,9,14-17,19,23-24H2,1H3,(H,38,41);1H/t31-,32+;/m0./s1. The molecule has 5 rings (SSSR count). The zero-order valence-corrected chi connectivity index (χ0v) is 28.1. The minimum Gasteiger partial charge on any atom is -0.390 e. The van der Waals surface area contributed by atoms with Crippen LogP contribution in [0.25, 0.3) is 0 Å². The van der Waals surface area contributed by atoms with E-state index in [2.05, 4.69) is 22.0 Å². The first kappa shape index (κ1) is 35.4. The normalized spacial score (nSPS) is 18.9. The molecule has 0 radical (unpaired) electrons. The second kappa shape index (κ2) is 15.9. The Morgan fingerprint density at radius 2 is 1.76 bits per heavy atom. The lowest BCUT2D eigenvalue weighted by atomic mass is 9.72. The molecule has 6 N–H and O–H groups in total. The number of amides is 1. The SMILES string of the molecule is CCNc1cc(C(=O)N[C@@H](Cc2ccccc2)[C@H](O)CNC2(Cc3cccc(Cl)c3)CCC2)cc(N2CCCCS2(O)O)c1.Cl. The van der Waals surface area contributed by atoms with Crippen molar-refractivity contribution in [3.63, 3.8) is 0 Å². The van der Waals surface area contributed by atoms with Gasteiger partial charge < -0.3 is 21.1 Å². The second-order valence-electron chi connectivity index (χ2n) is 12.1. The number of benzene rings is 3. The van der Waals surface area contributed by atoms with Gasteiger partial charge in [0.15, 0.2) is 0 Å². The van der Waals surface area contributed by atoms with E-state index in [1.165, 1.54) is 0 Å². The third-order valence-electron chi connectivity index (χ3n) is 8.74. The molecule has 0 spiro atoms. The monoisotopic (exact) mass is 676 g/mol. The molecule has 2 fully saturated rings. The van der Waals surface area contributed by atoms with Crippen molar-refractivity contribution < 1.29 is 19.0 Å². The van der Waals surface area contributed by atoms with Crippen molar-refractivity contribution in [2.24, 2.45) is 0 Å². The maximum atomic E-state index is 13.8. The predicted octanol–water partition coefficient (Wildman–Crippen LogP) is 6.92. The second-order valence-corrected chi connectivity index (χ2v) is 14.7. The quantitative estimate of drug-likeness (QED) is 0.116. The number of carbonyl (C=O) groups excluding carboxylic acids is 1. The van der Waals surface area contributed by atoms with E-state index in [4.69, 9.17) is 11.6 Å². The lowest BCUT2D eigenvalue weighted by Crippen LogP contribution is -2.57. The van der Waals surface area contributed by atoms with E-state index in [9.17, 15) is 19.0 Å². The Bertz CT molecular complexity index is 1410. The van der Waals surface area contributed by atoms with Crippen LogP contribution in [0.15, 0.2) is 72.8 Å². The third kappa shape index (κ3) is 9.29. The molecule has 1 amide bonds. The molecular weight excluding hydrogens is 631 g/mol. The van der Waals surface area contributed by atoms with Gasteiger partial charge in [-0.2, -0.15) is 0 Å². The van der Waals surface area contributed by atoms with Crippen LogP contribution in [-0.2, 0) is 12.8 Å². The van der Waals surface area contributed by atoms with E-state index >= 15 is 0 Å². The maximum Gasteiger partial charge on any atom is 0.251 e. The highest BCUT2D eigenvalue weighted by atomic mass is 35.5. The van der Waals surface area contributed by atoms with Crippen molar-refractivity contribution in [1.82, 2.24) is 10.6 Å². The summed E-state index contributed by atoms with van der Waals surface area (Å²) in [5.74, 6) is -0.00587. The van der Waals surface area contributed by atoms with Crippen LogP contribution in [0.4, 0.5) is 11.4 Å². The number of nitrogens with one attached hydrogen (secondary N) is 3. The first-order valence-corrected chi connectivity index (χ1v) is 17.7. The van der Waals surface area contributed by atoms with Crippen LogP contribution in [0.3, 0.4) is 0 Å². The number of β-amino-alcohol motifs (C(OH)–C–C–N with tert-alkyl or cyclic N) is 1. The summed E-state index contributed by atoms with van der Waals surface area (Å²) < 4.78 is 23.2. The molecule has 2 aliphatic rings. The van der Waals surface area contributed by atoms with Gasteiger partial charge in [0.05, 0.1) is 23.6 Å². The Labute approximate surface area is 279 Å². The minimum atomic E-state index is -2.95. The van der Waals surface area contributed by atoms with Crippen LogP contribution < -0.4 is 20.3 Å². The van der Waals surface area contributed by atoms with E-state index in [-0.39, 0.29) is 23.9 Å². The average Bonchev–Trinajstić information content (AvgIpc) is 2.98. The predicted molar refractivity (Wildman–Crippen MR) is 189 cm³/mol. The molecule has 3 aromatic rings. The largest absolute Gasteiger partial charge is 0.390 e. The number of hydrogen-bond donors (Lipinski definition) is 6. The van der Waals surface area contributed by atoms with Gasteiger partial charge in [-0.3, -0.25) is 18.2 Å².